The van der Waals surface area contributed by atoms with Crippen LogP contribution in [0.15, 0.2) is 51.8 Å². The molecule has 2 aromatic carbocycles. The Balaban J connectivity index is 1.66. The van der Waals surface area contributed by atoms with Gasteiger partial charge in [0.05, 0.1) is 17.9 Å². The van der Waals surface area contributed by atoms with Crippen molar-refractivity contribution in [1.29, 1.82) is 0 Å². The zero-order valence-electron chi connectivity index (χ0n) is 13.2. The molecule has 0 spiro atoms. The first-order valence-electron chi connectivity index (χ1n) is 7.29. The maximum absolute atomic E-state index is 12.4. The second-order valence-corrected chi connectivity index (χ2v) is 6.94. The van der Waals surface area contributed by atoms with Crippen LogP contribution < -0.4 is 10.1 Å². The average Bonchev–Trinajstić information content (AvgIpc) is 2.94. The SMILES string of the molecule is COc1ccc(S[C@H](C)C(=O)Nc2ccc3[nH]c(=S)oc3c2)cc1. The Kier molecular flexibility index (Phi) is 4.92. The van der Waals surface area contributed by atoms with Gasteiger partial charge in [0.15, 0.2) is 5.58 Å². The van der Waals surface area contributed by atoms with E-state index in [2.05, 4.69) is 10.3 Å². The molecule has 0 bridgehead atoms. The maximum Gasteiger partial charge on any atom is 0.266 e. The molecule has 1 aromatic heterocycles. The van der Waals surface area contributed by atoms with Crippen molar-refractivity contribution in [2.45, 2.75) is 17.1 Å². The van der Waals surface area contributed by atoms with Gasteiger partial charge in [-0.15, -0.1) is 11.8 Å². The molecular formula is C17H16N2O3S2. The predicted molar refractivity (Wildman–Crippen MR) is 98.3 cm³/mol. The number of amides is 1. The van der Waals surface area contributed by atoms with Gasteiger partial charge in [0, 0.05) is 16.6 Å². The van der Waals surface area contributed by atoms with Crippen LogP contribution in [0.4, 0.5) is 5.69 Å². The van der Waals surface area contributed by atoms with Crippen LogP contribution in [0.2, 0.25) is 0 Å². The first-order chi connectivity index (χ1) is 11.5. The molecule has 3 aromatic rings. The van der Waals surface area contributed by atoms with Crippen LogP contribution in [0.25, 0.3) is 11.1 Å². The summed E-state index contributed by atoms with van der Waals surface area (Å²) in [5.74, 6) is 0.713. The fourth-order valence-electron chi connectivity index (χ4n) is 2.18. The zero-order chi connectivity index (χ0) is 17.1. The lowest BCUT2D eigenvalue weighted by Gasteiger charge is -2.12. The minimum absolute atomic E-state index is 0.0794. The van der Waals surface area contributed by atoms with Crippen molar-refractivity contribution in [3.63, 3.8) is 0 Å². The van der Waals surface area contributed by atoms with Crippen molar-refractivity contribution in [2.75, 3.05) is 12.4 Å². The Morgan fingerprint density at radius 3 is 2.75 bits per heavy atom. The normalized spacial score (nSPS) is 12.1. The fourth-order valence-corrected chi connectivity index (χ4v) is 3.25. The number of methoxy groups -OCH3 is 1. The van der Waals surface area contributed by atoms with Gasteiger partial charge in [-0.1, -0.05) is 0 Å². The number of benzene rings is 2. The summed E-state index contributed by atoms with van der Waals surface area (Å²) in [6.07, 6.45) is 0. The third-order valence-electron chi connectivity index (χ3n) is 3.43. The van der Waals surface area contributed by atoms with E-state index >= 15 is 0 Å². The summed E-state index contributed by atoms with van der Waals surface area (Å²) < 4.78 is 10.5. The Labute approximate surface area is 148 Å². The first-order valence-corrected chi connectivity index (χ1v) is 8.58. The van der Waals surface area contributed by atoms with Crippen LogP contribution in [0.5, 0.6) is 5.75 Å². The van der Waals surface area contributed by atoms with E-state index in [9.17, 15) is 4.79 Å². The van der Waals surface area contributed by atoms with E-state index in [1.165, 1.54) is 11.8 Å². The van der Waals surface area contributed by atoms with Crippen LogP contribution in [0.3, 0.4) is 0 Å². The van der Waals surface area contributed by atoms with Gasteiger partial charge < -0.3 is 19.5 Å². The van der Waals surface area contributed by atoms with Gasteiger partial charge in [-0.2, -0.15) is 0 Å². The lowest BCUT2D eigenvalue weighted by Crippen LogP contribution is -2.22. The Hall–Kier alpha value is -2.25. The van der Waals surface area contributed by atoms with E-state index in [1.54, 1.807) is 13.2 Å². The Morgan fingerprint density at radius 2 is 2.04 bits per heavy atom. The van der Waals surface area contributed by atoms with E-state index in [1.807, 2.05) is 43.3 Å². The van der Waals surface area contributed by atoms with Gasteiger partial charge in [-0.05, 0) is 55.5 Å². The van der Waals surface area contributed by atoms with Gasteiger partial charge in [0.1, 0.15) is 5.75 Å². The molecule has 3 rings (SSSR count). The highest BCUT2D eigenvalue weighted by molar-refractivity contribution is 8.00. The van der Waals surface area contributed by atoms with Gasteiger partial charge in [0.25, 0.3) is 4.84 Å². The van der Waals surface area contributed by atoms with E-state index in [-0.39, 0.29) is 11.2 Å². The number of fused-ring (bicyclic) bond motifs is 1. The van der Waals surface area contributed by atoms with Crippen LogP contribution >= 0.6 is 24.0 Å². The van der Waals surface area contributed by atoms with Crippen molar-refractivity contribution in [3.05, 3.63) is 47.3 Å². The number of aromatic nitrogens is 1. The fraction of sp³-hybridized carbons (Fsp3) is 0.176. The van der Waals surface area contributed by atoms with E-state index < -0.39 is 0 Å². The molecule has 0 radical (unpaired) electrons. The number of H-pyrrole nitrogens is 1. The molecule has 24 heavy (non-hydrogen) atoms. The zero-order valence-corrected chi connectivity index (χ0v) is 14.8. The number of rotatable bonds is 5. The molecule has 1 atom stereocenters. The molecule has 0 aliphatic carbocycles. The van der Waals surface area contributed by atoms with Crippen molar-refractivity contribution in [1.82, 2.24) is 4.98 Å². The monoisotopic (exact) mass is 360 g/mol. The van der Waals surface area contributed by atoms with E-state index in [0.717, 1.165) is 16.2 Å². The summed E-state index contributed by atoms with van der Waals surface area (Å²) in [5.41, 5.74) is 2.10. The number of thioether (sulfide) groups is 1. The molecule has 1 heterocycles. The van der Waals surface area contributed by atoms with Crippen LogP contribution in [-0.2, 0) is 4.79 Å². The van der Waals surface area contributed by atoms with Crippen molar-refractivity contribution in [2.24, 2.45) is 0 Å². The molecular weight excluding hydrogens is 344 g/mol. The van der Waals surface area contributed by atoms with E-state index in [4.69, 9.17) is 21.4 Å². The molecule has 1 amide bonds. The number of hydrogen-bond acceptors (Lipinski definition) is 5. The quantitative estimate of drug-likeness (QED) is 0.513. The molecule has 0 aliphatic rings. The number of hydrogen-bond donors (Lipinski definition) is 2. The highest BCUT2D eigenvalue weighted by atomic mass is 32.2. The lowest BCUT2D eigenvalue weighted by atomic mass is 10.3. The molecule has 7 heteroatoms. The molecule has 0 fully saturated rings. The van der Waals surface area contributed by atoms with Gasteiger partial charge in [0.2, 0.25) is 5.91 Å². The van der Waals surface area contributed by atoms with Gasteiger partial charge in [-0.25, -0.2) is 0 Å². The molecule has 0 unspecified atom stereocenters. The van der Waals surface area contributed by atoms with Gasteiger partial charge >= 0.3 is 0 Å². The summed E-state index contributed by atoms with van der Waals surface area (Å²) in [5, 5.41) is 2.65. The second-order valence-electron chi connectivity index (χ2n) is 5.15. The first kappa shape index (κ1) is 16.6. The summed E-state index contributed by atoms with van der Waals surface area (Å²) in [6.45, 7) is 1.87. The molecule has 0 saturated carbocycles. The Bertz CT molecular complexity index is 915. The molecule has 0 saturated heterocycles. The molecule has 0 aliphatic heterocycles. The third-order valence-corrected chi connectivity index (χ3v) is 4.73. The maximum atomic E-state index is 12.4. The molecule has 2 N–H and O–H groups in total. The molecule has 5 nitrogen and oxygen atoms in total. The summed E-state index contributed by atoms with van der Waals surface area (Å²) in [6, 6.07) is 13.0. The number of carbonyl (C=O) groups is 1. The largest absolute Gasteiger partial charge is 0.497 e. The van der Waals surface area contributed by atoms with Crippen LogP contribution in [-0.4, -0.2) is 23.3 Å². The van der Waals surface area contributed by atoms with Crippen molar-refractivity contribution >= 4 is 46.7 Å². The number of aromatic amines is 1. The number of anilines is 1. The van der Waals surface area contributed by atoms with Crippen molar-refractivity contribution in [3.8, 4) is 5.75 Å². The Morgan fingerprint density at radius 1 is 1.29 bits per heavy atom. The number of nitrogens with one attached hydrogen (secondary N) is 2. The number of oxazole rings is 1. The van der Waals surface area contributed by atoms with Crippen LogP contribution in [0, 0.1) is 4.84 Å². The predicted octanol–water partition coefficient (Wildman–Crippen LogP) is 4.62. The summed E-state index contributed by atoms with van der Waals surface area (Å²) in [4.78, 5) is 16.6. The smallest absolute Gasteiger partial charge is 0.266 e. The van der Waals surface area contributed by atoms with Crippen LogP contribution in [0.1, 0.15) is 6.92 Å². The topological polar surface area (TPSA) is 67.3 Å². The van der Waals surface area contributed by atoms with E-state index in [0.29, 0.717) is 16.1 Å². The standard InChI is InChI=1S/C17H16N2O3S2/c1-10(24-13-6-4-12(21-2)5-7-13)16(20)18-11-3-8-14-15(9-11)22-17(23)19-14/h3-10H,1-2H3,(H,18,20)(H,19,23)/t10-/m1/s1. The lowest BCUT2D eigenvalue weighted by molar-refractivity contribution is -0.115. The minimum Gasteiger partial charge on any atom is -0.497 e. The number of ether oxygens (including phenoxy) is 1. The summed E-state index contributed by atoms with van der Waals surface area (Å²) in [7, 11) is 1.63. The van der Waals surface area contributed by atoms with Crippen molar-refractivity contribution < 1.29 is 13.9 Å². The number of carbonyl (C=O) groups excluding carboxylic acids is 1. The third kappa shape index (κ3) is 3.80. The highest BCUT2D eigenvalue weighted by Gasteiger charge is 2.15. The minimum atomic E-state index is -0.244. The average molecular weight is 360 g/mol. The van der Waals surface area contributed by atoms with Gasteiger partial charge in [-0.3, -0.25) is 4.79 Å². The summed E-state index contributed by atoms with van der Waals surface area (Å²) >= 11 is 6.44. The second kappa shape index (κ2) is 7.11. The highest BCUT2D eigenvalue weighted by Crippen LogP contribution is 2.26. The molecule has 124 valence electrons.